The largest absolute Gasteiger partial charge is 2.00 e. The molecule has 0 bridgehead atoms. The summed E-state index contributed by atoms with van der Waals surface area (Å²) in [5.74, 6) is 0. The summed E-state index contributed by atoms with van der Waals surface area (Å²) in [6, 6.07) is 18.0. The molecular weight excluding hydrogens is 567 g/mol. The molecule has 1 aliphatic heterocycles. The summed E-state index contributed by atoms with van der Waals surface area (Å²) in [6.07, 6.45) is 9.41. The topological polar surface area (TPSA) is 79.2 Å². The number of pyridine rings is 2. The molecule has 152 valence electrons. The van der Waals surface area contributed by atoms with Gasteiger partial charge in [0.2, 0.25) is 0 Å². The van der Waals surface area contributed by atoms with Crippen LogP contribution in [0, 0.1) is 0 Å². The molecule has 2 atom stereocenters. The maximum Gasteiger partial charge on any atom is 2.00 e. The van der Waals surface area contributed by atoms with Crippen molar-refractivity contribution < 1.29 is 21.1 Å². The van der Waals surface area contributed by atoms with Crippen LogP contribution in [0.4, 0.5) is 0 Å². The number of aromatic nitrogens is 4. The van der Waals surface area contributed by atoms with Crippen LogP contribution in [0.1, 0.15) is 5.69 Å². The van der Waals surface area contributed by atoms with Crippen molar-refractivity contribution in [2.75, 3.05) is 0 Å². The van der Waals surface area contributed by atoms with E-state index in [1.54, 1.807) is 12.7 Å². The van der Waals surface area contributed by atoms with E-state index in [1.165, 1.54) is 0 Å². The van der Waals surface area contributed by atoms with Gasteiger partial charge in [-0.2, -0.15) is 0 Å². The zero-order chi connectivity index (χ0) is 19.9. The minimum atomic E-state index is 0. The van der Waals surface area contributed by atoms with Crippen LogP contribution >= 0.6 is 0 Å². The van der Waals surface area contributed by atoms with Gasteiger partial charge in [-0.05, 0) is 53.0 Å². The maximum absolute atomic E-state index is 4.91. The van der Waals surface area contributed by atoms with Gasteiger partial charge in [0.25, 0.3) is 0 Å². The van der Waals surface area contributed by atoms with Gasteiger partial charge in [-0.3, -0.25) is 0 Å². The Hall–Kier alpha value is -3.37. The Morgan fingerprint density at radius 3 is 2.42 bits per heavy atom. The second-order valence-electron chi connectivity index (χ2n) is 7.22. The van der Waals surface area contributed by atoms with Crippen LogP contribution < -0.4 is 4.98 Å². The second-order valence-corrected chi connectivity index (χ2v) is 7.22. The van der Waals surface area contributed by atoms with E-state index in [4.69, 9.17) is 9.97 Å². The molecule has 2 aliphatic rings. The van der Waals surface area contributed by atoms with Crippen molar-refractivity contribution in [1.29, 1.82) is 0 Å². The number of benzene rings is 1. The Bertz CT molecular complexity index is 1350. The van der Waals surface area contributed by atoms with Crippen molar-refractivity contribution in [1.82, 2.24) is 19.9 Å². The van der Waals surface area contributed by atoms with E-state index in [1.807, 2.05) is 60.7 Å². The maximum atomic E-state index is 4.91. The van der Waals surface area contributed by atoms with Crippen LogP contribution in [0.3, 0.4) is 0 Å². The van der Waals surface area contributed by atoms with Crippen LogP contribution in [0.15, 0.2) is 84.1 Å². The Kier molecular flexibility index (Phi) is 5.08. The molecule has 0 amide bonds. The quantitative estimate of drug-likeness (QED) is 0.358. The van der Waals surface area contributed by atoms with E-state index in [9.17, 15) is 0 Å². The van der Waals surface area contributed by atoms with Crippen LogP contribution in [-0.2, 0) is 21.1 Å². The number of hydrogen-bond donors (Lipinski definition) is 0. The fraction of sp³-hybridized carbons (Fsp3) is 0.0833. The van der Waals surface area contributed by atoms with Crippen molar-refractivity contribution in [2.24, 2.45) is 4.99 Å². The number of hydrogen-bond acceptors (Lipinski definition) is 4. The molecule has 2 unspecified atom stereocenters. The molecule has 3 aromatic heterocycles. The molecule has 0 radical (unpaired) electrons. The molecule has 0 saturated carbocycles. The van der Waals surface area contributed by atoms with Gasteiger partial charge in [0.05, 0.1) is 22.8 Å². The van der Waals surface area contributed by atoms with Crippen molar-refractivity contribution in [3.05, 3.63) is 90.2 Å². The molecule has 0 N–H and O–H groups in total. The van der Waals surface area contributed by atoms with Gasteiger partial charge in [0.15, 0.2) is 0 Å². The molecule has 6 nitrogen and oxygen atoms in total. The summed E-state index contributed by atoms with van der Waals surface area (Å²) in [6.45, 7) is 0. The molecule has 7 heteroatoms. The van der Waals surface area contributed by atoms with E-state index in [2.05, 4.69) is 32.4 Å². The molecule has 1 aromatic carbocycles. The summed E-state index contributed by atoms with van der Waals surface area (Å²) < 4.78 is 0. The first-order chi connectivity index (χ1) is 14.9. The smallest absolute Gasteiger partial charge is 0.464 e. The van der Waals surface area contributed by atoms with Crippen molar-refractivity contribution in [3.8, 4) is 22.6 Å². The van der Waals surface area contributed by atoms with E-state index >= 15 is 0 Å². The molecule has 0 spiro atoms. The normalized spacial score (nSPS) is 18.9. The third-order valence-corrected chi connectivity index (χ3v) is 5.42. The standard InChI is InChI=1S/C24H16N6.Pt/c1-5-15(23-21(11-1)25-13-27-23)17-7-3-9-19(29-17)20-10-4-8-18(30-20)16-6-2-12-22-24(16)28-14-26-22;/h1-14,21,23H;/q-2;+2. The summed E-state index contributed by atoms with van der Waals surface area (Å²) in [4.78, 5) is 22.9. The number of imidazole rings is 1. The summed E-state index contributed by atoms with van der Waals surface area (Å²) in [5, 5.41) is 4.52. The van der Waals surface area contributed by atoms with E-state index in [0.29, 0.717) is 0 Å². The van der Waals surface area contributed by atoms with E-state index < -0.39 is 0 Å². The van der Waals surface area contributed by atoms with Crippen LogP contribution in [0.2, 0.25) is 0 Å². The van der Waals surface area contributed by atoms with Gasteiger partial charge in [0.1, 0.15) is 0 Å². The fourth-order valence-electron chi connectivity index (χ4n) is 3.98. The number of fused-ring (bicyclic) bond motifs is 2. The number of para-hydroxylation sites is 1. The third-order valence-electron chi connectivity index (χ3n) is 5.42. The van der Waals surface area contributed by atoms with E-state index in [0.717, 1.165) is 44.9 Å². The van der Waals surface area contributed by atoms with Gasteiger partial charge in [-0.15, -0.1) is 6.34 Å². The van der Waals surface area contributed by atoms with Gasteiger partial charge in [-0.1, -0.05) is 54.9 Å². The summed E-state index contributed by atoms with van der Waals surface area (Å²) in [5.41, 5.74) is 7.16. The Morgan fingerprint density at radius 2 is 1.55 bits per heavy atom. The van der Waals surface area contributed by atoms with Crippen LogP contribution in [-0.4, -0.2) is 33.4 Å². The van der Waals surface area contributed by atoms with Gasteiger partial charge >= 0.3 is 21.1 Å². The zero-order valence-corrected chi connectivity index (χ0v) is 18.5. The fourth-order valence-corrected chi connectivity index (χ4v) is 3.98. The monoisotopic (exact) mass is 583 g/mol. The minimum absolute atomic E-state index is 0. The Morgan fingerprint density at radius 1 is 0.806 bits per heavy atom. The summed E-state index contributed by atoms with van der Waals surface area (Å²) in [7, 11) is 0. The molecule has 6 rings (SSSR count). The van der Waals surface area contributed by atoms with Gasteiger partial charge < -0.3 is 20.3 Å². The van der Waals surface area contributed by atoms with Gasteiger partial charge in [0, 0.05) is 5.56 Å². The zero-order valence-electron chi connectivity index (χ0n) is 16.2. The average Bonchev–Trinajstić information content (AvgIpc) is 3.48. The Balaban J connectivity index is 0.00000204. The molecule has 0 fully saturated rings. The molecule has 0 saturated heterocycles. The molecular formula is C24H16N6Pt. The van der Waals surface area contributed by atoms with Crippen LogP contribution in [0.5, 0.6) is 0 Å². The number of allylic oxidation sites excluding steroid dienone is 2. The van der Waals surface area contributed by atoms with Crippen molar-refractivity contribution in [2.45, 2.75) is 12.1 Å². The first-order valence-electron chi connectivity index (χ1n) is 9.78. The SMILES string of the molecule is C1=CC2N=C[N-]C2C(c2cccc(-c3cccc(-c4cccc5nc[n-]c45)n3)n2)=C1.[Pt+2]. The van der Waals surface area contributed by atoms with Crippen molar-refractivity contribution >= 4 is 22.9 Å². The number of rotatable bonds is 3. The minimum Gasteiger partial charge on any atom is -0.464 e. The first-order valence-corrected chi connectivity index (χ1v) is 9.78. The average molecular weight is 584 g/mol. The Labute approximate surface area is 193 Å². The number of aliphatic imine (C=N–C) groups is 1. The van der Waals surface area contributed by atoms with Crippen LogP contribution in [0.25, 0.3) is 44.6 Å². The van der Waals surface area contributed by atoms with Gasteiger partial charge in [-0.25, -0.2) is 9.97 Å². The third kappa shape index (κ3) is 3.43. The van der Waals surface area contributed by atoms with Crippen molar-refractivity contribution in [3.63, 3.8) is 0 Å². The molecule has 4 heterocycles. The molecule has 31 heavy (non-hydrogen) atoms. The number of nitrogens with zero attached hydrogens (tertiary/aromatic N) is 6. The predicted octanol–water partition coefficient (Wildman–Crippen LogP) is 4.42. The summed E-state index contributed by atoms with van der Waals surface area (Å²) >= 11 is 0. The predicted molar refractivity (Wildman–Crippen MR) is 118 cm³/mol. The second kappa shape index (κ2) is 8.04. The molecule has 1 aliphatic carbocycles. The first kappa shape index (κ1) is 19.6. The molecule has 4 aromatic rings. The van der Waals surface area contributed by atoms with E-state index in [-0.39, 0.29) is 33.1 Å².